The zero-order chi connectivity index (χ0) is 20.0. The number of aromatic nitrogens is 2. The molecule has 4 rings (SSSR count). The van der Waals surface area contributed by atoms with Crippen molar-refractivity contribution >= 4 is 34.5 Å². The predicted octanol–water partition coefficient (Wildman–Crippen LogP) is 2.94. The summed E-state index contributed by atoms with van der Waals surface area (Å²) in [6.45, 7) is 4.01. The molecule has 1 aromatic heterocycles. The van der Waals surface area contributed by atoms with Gasteiger partial charge in [-0.05, 0) is 61.4 Å². The zero-order valence-electron chi connectivity index (χ0n) is 15.8. The molecule has 1 atom stereocenters. The number of rotatable bonds is 3. The maximum absolute atomic E-state index is 13.1. The molecular weight excluding hydrogens is 358 g/mol. The van der Waals surface area contributed by atoms with E-state index >= 15 is 0 Å². The lowest BCUT2D eigenvalue weighted by atomic mass is 10.1. The summed E-state index contributed by atoms with van der Waals surface area (Å²) in [6, 6.07) is 9.55. The summed E-state index contributed by atoms with van der Waals surface area (Å²) in [5.41, 5.74) is 4.64. The Balaban J connectivity index is 1.68. The summed E-state index contributed by atoms with van der Waals surface area (Å²) in [7, 11) is 1.30. The average molecular weight is 377 g/mol. The van der Waals surface area contributed by atoms with Gasteiger partial charge in [-0.15, -0.1) is 0 Å². The number of esters is 1. The Bertz CT molecular complexity index is 1110. The first-order valence-electron chi connectivity index (χ1n) is 8.89. The van der Waals surface area contributed by atoms with Gasteiger partial charge in [0.25, 0.3) is 5.91 Å². The molecule has 2 amide bonds. The van der Waals surface area contributed by atoms with Gasteiger partial charge in [-0.1, -0.05) is 0 Å². The molecule has 3 aromatic rings. The first-order valence-corrected chi connectivity index (χ1v) is 8.89. The number of amides is 2. The maximum Gasteiger partial charge on any atom is 0.337 e. The molecule has 142 valence electrons. The van der Waals surface area contributed by atoms with Crippen molar-refractivity contribution < 1.29 is 19.1 Å². The van der Waals surface area contributed by atoms with Crippen LogP contribution in [0.15, 0.2) is 42.7 Å². The van der Waals surface area contributed by atoms with Crippen LogP contribution < -0.4 is 4.90 Å². The van der Waals surface area contributed by atoms with Crippen LogP contribution in [0.3, 0.4) is 0 Å². The number of fused-ring (bicyclic) bond motifs is 1. The van der Waals surface area contributed by atoms with Crippen LogP contribution in [-0.2, 0) is 14.3 Å². The summed E-state index contributed by atoms with van der Waals surface area (Å²) >= 11 is 0. The molecule has 28 heavy (non-hydrogen) atoms. The van der Waals surface area contributed by atoms with Crippen LogP contribution in [0, 0.1) is 13.8 Å². The van der Waals surface area contributed by atoms with Crippen molar-refractivity contribution in [2.24, 2.45) is 0 Å². The second-order valence-electron chi connectivity index (χ2n) is 6.90. The highest BCUT2D eigenvalue weighted by Gasteiger charge is 2.41. The number of imidazole rings is 1. The predicted molar refractivity (Wildman–Crippen MR) is 103 cm³/mol. The van der Waals surface area contributed by atoms with Gasteiger partial charge in [0, 0.05) is 0 Å². The fraction of sp³-hybridized carbons (Fsp3) is 0.238. The summed E-state index contributed by atoms with van der Waals surface area (Å²) in [5, 5.41) is 0. The van der Waals surface area contributed by atoms with E-state index in [-0.39, 0.29) is 18.2 Å². The quantitative estimate of drug-likeness (QED) is 0.518. The number of ether oxygens (including phenoxy) is 1. The van der Waals surface area contributed by atoms with Crippen molar-refractivity contribution in [1.29, 1.82) is 0 Å². The van der Waals surface area contributed by atoms with Crippen molar-refractivity contribution in [3.63, 3.8) is 0 Å². The minimum atomic E-state index is -0.639. The Morgan fingerprint density at radius 2 is 1.79 bits per heavy atom. The summed E-state index contributed by atoms with van der Waals surface area (Å²) < 4.78 is 6.44. The van der Waals surface area contributed by atoms with Gasteiger partial charge >= 0.3 is 5.97 Å². The fourth-order valence-electron chi connectivity index (χ4n) is 3.50. The molecule has 0 N–H and O–H groups in total. The highest BCUT2D eigenvalue weighted by atomic mass is 16.5. The van der Waals surface area contributed by atoms with Gasteiger partial charge in [0.2, 0.25) is 5.91 Å². The molecule has 1 aliphatic heterocycles. The van der Waals surface area contributed by atoms with Gasteiger partial charge in [0.1, 0.15) is 6.04 Å². The van der Waals surface area contributed by atoms with E-state index in [2.05, 4.69) is 9.72 Å². The second-order valence-corrected chi connectivity index (χ2v) is 6.90. The second kappa shape index (κ2) is 6.60. The van der Waals surface area contributed by atoms with Crippen LogP contribution >= 0.6 is 0 Å². The van der Waals surface area contributed by atoms with E-state index < -0.39 is 12.0 Å². The van der Waals surface area contributed by atoms with Crippen molar-refractivity contribution in [3.8, 4) is 0 Å². The van der Waals surface area contributed by atoms with Gasteiger partial charge < -0.3 is 9.30 Å². The van der Waals surface area contributed by atoms with Crippen molar-refractivity contribution in [3.05, 3.63) is 59.4 Å². The van der Waals surface area contributed by atoms with E-state index in [0.29, 0.717) is 11.3 Å². The van der Waals surface area contributed by atoms with Gasteiger partial charge in [-0.3, -0.25) is 9.59 Å². The lowest BCUT2D eigenvalue weighted by Gasteiger charge is -2.16. The molecule has 7 nitrogen and oxygen atoms in total. The maximum atomic E-state index is 13.1. The third-order valence-corrected chi connectivity index (χ3v) is 5.20. The molecule has 0 saturated carbocycles. The molecular formula is C21H19N3O4. The number of carbonyl (C=O) groups excluding carboxylic acids is 3. The number of hydrogen-bond acceptors (Lipinski definition) is 5. The van der Waals surface area contributed by atoms with Crippen LogP contribution in [0.2, 0.25) is 0 Å². The largest absolute Gasteiger partial charge is 0.465 e. The third kappa shape index (κ3) is 2.76. The van der Waals surface area contributed by atoms with E-state index in [9.17, 15) is 14.4 Å². The average Bonchev–Trinajstić information content (AvgIpc) is 3.21. The first-order chi connectivity index (χ1) is 13.4. The third-order valence-electron chi connectivity index (χ3n) is 5.20. The monoisotopic (exact) mass is 377 g/mol. The molecule has 7 heteroatoms. The molecule has 2 aromatic carbocycles. The summed E-state index contributed by atoms with van der Waals surface area (Å²) in [4.78, 5) is 42.8. The Morgan fingerprint density at radius 3 is 2.46 bits per heavy atom. The Kier molecular flexibility index (Phi) is 4.22. The van der Waals surface area contributed by atoms with E-state index in [1.54, 1.807) is 23.0 Å². The number of benzene rings is 2. The van der Waals surface area contributed by atoms with Gasteiger partial charge in [0.05, 0.1) is 42.1 Å². The van der Waals surface area contributed by atoms with Crippen molar-refractivity contribution in [2.45, 2.75) is 26.3 Å². The van der Waals surface area contributed by atoms with E-state index in [1.807, 2.05) is 26.0 Å². The van der Waals surface area contributed by atoms with E-state index in [1.165, 1.54) is 24.1 Å². The molecule has 1 unspecified atom stereocenters. The van der Waals surface area contributed by atoms with E-state index in [0.717, 1.165) is 22.2 Å². The SMILES string of the molecule is COC(=O)c1ccc(N2C(=O)CC(n3cnc4cc(C)c(C)cc43)C2=O)cc1. The highest BCUT2D eigenvalue weighted by molar-refractivity contribution is 6.22. The highest BCUT2D eigenvalue weighted by Crippen LogP contribution is 2.32. The van der Waals surface area contributed by atoms with E-state index in [4.69, 9.17) is 0 Å². The lowest BCUT2D eigenvalue weighted by Crippen LogP contribution is -2.31. The molecule has 0 bridgehead atoms. The van der Waals surface area contributed by atoms with Crippen LogP contribution in [0.5, 0.6) is 0 Å². The standard InChI is InChI=1S/C21H19N3O4/c1-12-8-16-17(9-13(12)2)23(11-22-16)18-10-19(25)24(20(18)26)15-6-4-14(5-7-15)21(27)28-3/h4-9,11,18H,10H2,1-3H3. The molecule has 1 saturated heterocycles. The minimum absolute atomic E-state index is 0.0654. The first kappa shape index (κ1) is 17.9. The molecule has 1 fully saturated rings. The normalized spacial score (nSPS) is 16.8. The molecule has 0 spiro atoms. The van der Waals surface area contributed by atoms with Gasteiger partial charge in [-0.2, -0.15) is 0 Å². The topological polar surface area (TPSA) is 81.5 Å². The van der Waals surface area contributed by atoms with Crippen LogP contribution in [0.25, 0.3) is 11.0 Å². The van der Waals surface area contributed by atoms with Crippen molar-refractivity contribution in [2.75, 3.05) is 12.0 Å². The number of carbonyl (C=O) groups is 3. The summed E-state index contributed by atoms with van der Waals surface area (Å²) in [5.74, 6) is -1.07. The molecule has 1 aliphatic rings. The molecule has 2 heterocycles. The number of anilines is 1. The number of methoxy groups -OCH3 is 1. The Labute approximate surface area is 161 Å². The zero-order valence-corrected chi connectivity index (χ0v) is 15.8. The van der Waals surface area contributed by atoms with Crippen molar-refractivity contribution in [1.82, 2.24) is 9.55 Å². The summed E-state index contributed by atoms with van der Waals surface area (Å²) in [6.07, 6.45) is 1.68. The van der Waals surface area contributed by atoms with Gasteiger partial charge in [0.15, 0.2) is 0 Å². The lowest BCUT2D eigenvalue weighted by molar-refractivity contribution is -0.122. The molecule has 0 aliphatic carbocycles. The van der Waals surface area contributed by atoms with Crippen LogP contribution in [0.1, 0.15) is 33.9 Å². The minimum Gasteiger partial charge on any atom is -0.465 e. The Morgan fingerprint density at radius 1 is 1.11 bits per heavy atom. The smallest absolute Gasteiger partial charge is 0.337 e. The molecule has 0 radical (unpaired) electrons. The number of nitrogens with zero attached hydrogens (tertiary/aromatic N) is 3. The van der Waals surface area contributed by atoms with Gasteiger partial charge in [-0.25, -0.2) is 14.7 Å². The number of hydrogen-bond donors (Lipinski definition) is 0. The Hall–Kier alpha value is -3.48. The number of aryl methyl sites for hydroxylation is 2. The fourth-order valence-corrected chi connectivity index (χ4v) is 3.50. The van der Waals surface area contributed by atoms with Crippen LogP contribution in [-0.4, -0.2) is 34.4 Å². The van der Waals surface area contributed by atoms with Crippen LogP contribution in [0.4, 0.5) is 5.69 Å². The number of imide groups is 1.